The Bertz CT molecular complexity index is 503. The summed E-state index contributed by atoms with van der Waals surface area (Å²) in [5, 5.41) is 0. The summed E-state index contributed by atoms with van der Waals surface area (Å²) in [5.41, 5.74) is 1.26. The van der Waals surface area contributed by atoms with E-state index in [1.165, 1.54) is 5.56 Å². The monoisotopic (exact) mass is 320 g/mol. The topological polar surface area (TPSA) is 42.0 Å². The van der Waals surface area contributed by atoms with Crippen molar-refractivity contribution in [2.45, 2.75) is 19.4 Å². The fourth-order valence-electron chi connectivity index (χ4n) is 2.96. The number of carbonyl (C=O) groups excluding carboxylic acids is 1. The highest BCUT2D eigenvalue weighted by atomic mass is 16.5. The highest BCUT2D eigenvalue weighted by molar-refractivity contribution is 5.81. The van der Waals surface area contributed by atoms with E-state index >= 15 is 0 Å². The molecule has 1 amide bonds. The molecule has 128 valence electrons. The van der Waals surface area contributed by atoms with Gasteiger partial charge >= 0.3 is 0 Å². The molecule has 0 aliphatic carbocycles. The number of morpholine rings is 1. The van der Waals surface area contributed by atoms with E-state index in [0.29, 0.717) is 19.1 Å². The Kier molecular flexibility index (Phi) is 6.42. The van der Waals surface area contributed by atoms with Crippen LogP contribution in [-0.2, 0) is 16.0 Å². The number of likely N-dealkylation sites (N-methyl/N-ethyl adjacent to an activating group) is 2. The largest absolute Gasteiger partial charge is 0.497 e. The summed E-state index contributed by atoms with van der Waals surface area (Å²) in [6, 6.07) is 8.11. The second-order valence-corrected chi connectivity index (χ2v) is 6.50. The van der Waals surface area contributed by atoms with E-state index in [-0.39, 0.29) is 12.0 Å². The van der Waals surface area contributed by atoms with Crippen molar-refractivity contribution < 1.29 is 14.3 Å². The molecule has 0 bridgehead atoms. The maximum Gasteiger partial charge on any atom is 0.252 e. The summed E-state index contributed by atoms with van der Waals surface area (Å²) in [7, 11) is 5.56. The molecule has 1 saturated heterocycles. The number of hydrogen-bond donors (Lipinski definition) is 0. The van der Waals surface area contributed by atoms with Gasteiger partial charge in [0.2, 0.25) is 0 Å². The molecule has 5 nitrogen and oxygen atoms in total. The zero-order valence-corrected chi connectivity index (χ0v) is 14.6. The van der Waals surface area contributed by atoms with Gasteiger partial charge in [-0.1, -0.05) is 19.1 Å². The molecule has 0 N–H and O–H groups in total. The molecule has 0 aromatic heterocycles. The standard InChI is InChI=1S/C18H28N2O3/c1-14(11-15-5-7-16(22-4)8-6-15)12-20(3)18(21)17-13-19(2)9-10-23-17/h5-8,14,17H,9-13H2,1-4H3/t14-,17-/m1/s1. The summed E-state index contributed by atoms with van der Waals surface area (Å²) < 4.78 is 10.8. The molecule has 1 heterocycles. The number of carbonyl (C=O) groups is 1. The van der Waals surface area contributed by atoms with Gasteiger partial charge in [0.1, 0.15) is 11.9 Å². The lowest BCUT2D eigenvalue weighted by Gasteiger charge is -2.32. The lowest BCUT2D eigenvalue weighted by atomic mass is 10.0. The minimum absolute atomic E-state index is 0.0816. The van der Waals surface area contributed by atoms with E-state index in [9.17, 15) is 4.79 Å². The van der Waals surface area contributed by atoms with Gasteiger partial charge in [-0.2, -0.15) is 0 Å². The molecule has 0 spiro atoms. The Labute approximate surface area is 139 Å². The fraction of sp³-hybridized carbons (Fsp3) is 0.611. The molecule has 23 heavy (non-hydrogen) atoms. The van der Waals surface area contributed by atoms with E-state index in [1.54, 1.807) is 12.0 Å². The summed E-state index contributed by atoms with van der Waals surface area (Å²) in [5.74, 6) is 1.34. The Hall–Kier alpha value is -1.59. The molecule has 1 fully saturated rings. The zero-order chi connectivity index (χ0) is 16.8. The third kappa shape index (κ3) is 5.22. The summed E-state index contributed by atoms with van der Waals surface area (Å²) in [4.78, 5) is 16.4. The van der Waals surface area contributed by atoms with E-state index < -0.39 is 0 Å². The van der Waals surface area contributed by atoms with Crippen LogP contribution in [0.3, 0.4) is 0 Å². The molecule has 2 rings (SSSR count). The minimum Gasteiger partial charge on any atom is -0.497 e. The lowest BCUT2D eigenvalue weighted by Crippen LogP contribution is -2.49. The molecule has 1 aliphatic rings. The molecule has 5 heteroatoms. The number of ether oxygens (including phenoxy) is 2. The van der Waals surface area contributed by atoms with Crippen molar-refractivity contribution in [3.63, 3.8) is 0 Å². The highest BCUT2D eigenvalue weighted by Crippen LogP contribution is 2.16. The van der Waals surface area contributed by atoms with Crippen molar-refractivity contribution in [3.8, 4) is 5.75 Å². The van der Waals surface area contributed by atoms with E-state index in [0.717, 1.165) is 25.3 Å². The van der Waals surface area contributed by atoms with Gasteiger partial charge in [0.25, 0.3) is 5.91 Å². The van der Waals surface area contributed by atoms with Gasteiger partial charge in [0.05, 0.1) is 13.7 Å². The maximum atomic E-state index is 12.5. The van der Waals surface area contributed by atoms with Crippen LogP contribution in [0.25, 0.3) is 0 Å². The van der Waals surface area contributed by atoms with Crippen molar-refractivity contribution in [3.05, 3.63) is 29.8 Å². The van der Waals surface area contributed by atoms with Crippen LogP contribution < -0.4 is 4.74 Å². The molecule has 0 saturated carbocycles. The van der Waals surface area contributed by atoms with Gasteiger partial charge in [-0.15, -0.1) is 0 Å². The average Bonchev–Trinajstić information content (AvgIpc) is 2.54. The molecule has 1 aromatic rings. The molecular weight excluding hydrogens is 292 g/mol. The lowest BCUT2D eigenvalue weighted by molar-refractivity contribution is -0.147. The number of methoxy groups -OCH3 is 1. The maximum absolute atomic E-state index is 12.5. The van der Waals surface area contributed by atoms with Gasteiger partial charge in [-0.05, 0) is 37.1 Å². The van der Waals surface area contributed by atoms with Crippen molar-refractivity contribution >= 4 is 5.91 Å². The van der Waals surface area contributed by atoms with Gasteiger partial charge in [-0.3, -0.25) is 4.79 Å². The zero-order valence-electron chi connectivity index (χ0n) is 14.6. The number of rotatable bonds is 6. The number of nitrogens with zero attached hydrogens (tertiary/aromatic N) is 2. The smallest absolute Gasteiger partial charge is 0.252 e. The average molecular weight is 320 g/mol. The van der Waals surface area contributed by atoms with Gasteiger partial charge < -0.3 is 19.3 Å². The van der Waals surface area contributed by atoms with Crippen LogP contribution >= 0.6 is 0 Å². The van der Waals surface area contributed by atoms with Gasteiger partial charge in [-0.25, -0.2) is 0 Å². The Morgan fingerprint density at radius 2 is 2.13 bits per heavy atom. The third-order valence-electron chi connectivity index (χ3n) is 4.25. The minimum atomic E-state index is -0.327. The van der Waals surface area contributed by atoms with Crippen molar-refractivity contribution in [1.29, 1.82) is 0 Å². The first-order valence-electron chi connectivity index (χ1n) is 8.17. The van der Waals surface area contributed by atoms with Crippen molar-refractivity contribution in [2.75, 3.05) is 47.4 Å². The number of hydrogen-bond acceptors (Lipinski definition) is 4. The molecule has 2 atom stereocenters. The number of benzene rings is 1. The molecule has 1 aliphatic heterocycles. The highest BCUT2D eigenvalue weighted by Gasteiger charge is 2.27. The molecule has 0 unspecified atom stereocenters. The van der Waals surface area contributed by atoms with Crippen LogP contribution in [-0.4, -0.2) is 69.3 Å². The van der Waals surface area contributed by atoms with Crippen molar-refractivity contribution in [2.24, 2.45) is 5.92 Å². The first-order chi connectivity index (χ1) is 11.0. The summed E-state index contributed by atoms with van der Waals surface area (Å²) in [6.45, 7) is 5.09. The van der Waals surface area contributed by atoms with Crippen LogP contribution in [0.2, 0.25) is 0 Å². The normalized spacial score (nSPS) is 20.1. The van der Waals surface area contributed by atoms with E-state index in [2.05, 4.69) is 24.0 Å². The molecule has 1 aromatic carbocycles. The van der Waals surface area contributed by atoms with Gasteiger partial charge in [0, 0.05) is 26.7 Å². The SMILES string of the molecule is COc1ccc(C[C@@H](C)CN(C)C(=O)[C@H]2CN(C)CCO2)cc1. The summed E-state index contributed by atoms with van der Waals surface area (Å²) >= 11 is 0. The second-order valence-electron chi connectivity index (χ2n) is 6.50. The van der Waals surface area contributed by atoms with Crippen LogP contribution in [0.4, 0.5) is 0 Å². The van der Waals surface area contributed by atoms with E-state index in [1.807, 2.05) is 26.2 Å². The predicted molar refractivity (Wildman–Crippen MR) is 90.7 cm³/mol. The Morgan fingerprint density at radius 1 is 1.43 bits per heavy atom. The second kappa shape index (κ2) is 8.31. The quantitative estimate of drug-likeness (QED) is 0.799. The molecule has 0 radical (unpaired) electrons. The third-order valence-corrected chi connectivity index (χ3v) is 4.25. The van der Waals surface area contributed by atoms with Crippen LogP contribution in [0.15, 0.2) is 24.3 Å². The first-order valence-corrected chi connectivity index (χ1v) is 8.17. The van der Waals surface area contributed by atoms with Crippen molar-refractivity contribution in [1.82, 2.24) is 9.80 Å². The van der Waals surface area contributed by atoms with Gasteiger partial charge in [0.15, 0.2) is 0 Å². The fourth-order valence-corrected chi connectivity index (χ4v) is 2.96. The van der Waals surface area contributed by atoms with Crippen LogP contribution in [0.5, 0.6) is 5.75 Å². The molecular formula is C18H28N2O3. The van der Waals surface area contributed by atoms with Crippen LogP contribution in [0, 0.1) is 5.92 Å². The predicted octanol–water partition coefficient (Wildman–Crippen LogP) is 1.66. The summed E-state index contributed by atoms with van der Waals surface area (Å²) in [6.07, 6.45) is 0.611. The Balaban J connectivity index is 1.83. The number of amides is 1. The van der Waals surface area contributed by atoms with Crippen LogP contribution in [0.1, 0.15) is 12.5 Å². The van der Waals surface area contributed by atoms with E-state index in [4.69, 9.17) is 9.47 Å². The Morgan fingerprint density at radius 3 is 2.74 bits per heavy atom. The first kappa shape index (κ1) is 17.8.